The molecule has 32 heavy (non-hydrogen) atoms. The molecule has 168 valence electrons. The molecule has 2 aromatic carbocycles. The number of aryl methyl sites for hydroxylation is 2. The summed E-state index contributed by atoms with van der Waals surface area (Å²) >= 11 is -1.91. The summed E-state index contributed by atoms with van der Waals surface area (Å²) < 4.78 is 2.58. The van der Waals surface area contributed by atoms with E-state index in [1.54, 1.807) is 22.3 Å². The van der Waals surface area contributed by atoms with Crippen molar-refractivity contribution < 1.29 is 45.2 Å². The number of benzene rings is 2. The maximum Gasteiger partial charge on any atom is -1.00 e. The molecule has 0 radical (unpaired) electrons. The van der Waals surface area contributed by atoms with Crippen molar-refractivity contribution in [3.8, 4) is 0 Å². The normalized spacial score (nSPS) is 19.0. The number of fused-ring (bicyclic) bond motifs is 1. The van der Waals surface area contributed by atoms with Gasteiger partial charge in [-0.05, 0) is 0 Å². The van der Waals surface area contributed by atoms with E-state index in [9.17, 15) is 0 Å². The van der Waals surface area contributed by atoms with Gasteiger partial charge < -0.3 is 24.8 Å². The van der Waals surface area contributed by atoms with Crippen molar-refractivity contribution in [1.29, 1.82) is 0 Å². The standard InChI is InChI=1S/C17H15.C9H13.C2H6Si.2ClH.Zr/c1-12-9-13(2)11-15(10-12)17-8-7-14-5-3-4-6-16(14)17;1-6-5-7(2)9(4)8(6)3;1-3-2;;;/h3-11H,1-2H3;6H,1-4H3;1-2H3;2*1H;/q;;;;;+2/p-2. The van der Waals surface area contributed by atoms with Gasteiger partial charge in [0.1, 0.15) is 0 Å². The zero-order valence-corrected chi connectivity index (χ0v) is 25.5. The van der Waals surface area contributed by atoms with E-state index in [2.05, 4.69) is 103 Å². The van der Waals surface area contributed by atoms with Gasteiger partial charge in [0.25, 0.3) is 0 Å². The van der Waals surface area contributed by atoms with Crippen molar-refractivity contribution >= 4 is 11.0 Å². The van der Waals surface area contributed by atoms with Crippen LogP contribution in [0, 0.1) is 19.8 Å². The first-order valence-electron chi connectivity index (χ1n) is 11.2. The quantitative estimate of drug-likeness (QED) is 0.504. The molecule has 2 aliphatic rings. The van der Waals surface area contributed by atoms with Crippen LogP contribution < -0.4 is 24.8 Å². The van der Waals surface area contributed by atoms with Crippen LogP contribution in [0.25, 0.3) is 5.57 Å². The van der Waals surface area contributed by atoms with Crippen LogP contribution in [0.3, 0.4) is 0 Å². The summed E-state index contributed by atoms with van der Waals surface area (Å²) in [6.07, 6.45) is 2.70. The summed E-state index contributed by atoms with van der Waals surface area (Å²) in [5, 5.41) is 0. The Kier molecular flexibility index (Phi) is 9.25. The molecule has 0 heterocycles. The Morgan fingerprint density at radius 2 is 1.41 bits per heavy atom. The molecule has 0 amide bonds. The number of halogens is 2. The van der Waals surface area contributed by atoms with Gasteiger partial charge in [0.15, 0.2) is 0 Å². The van der Waals surface area contributed by atoms with Crippen molar-refractivity contribution in [2.24, 2.45) is 5.92 Å². The van der Waals surface area contributed by atoms with E-state index in [0.717, 1.165) is 0 Å². The Balaban J connectivity index is 0.00000181. The van der Waals surface area contributed by atoms with Gasteiger partial charge in [-0.15, -0.1) is 0 Å². The monoisotopic (exact) mass is 558 g/mol. The minimum atomic E-state index is -1.91. The van der Waals surface area contributed by atoms with E-state index in [1.807, 2.05) is 3.28 Å². The third-order valence-electron chi connectivity index (χ3n) is 7.23. The van der Waals surface area contributed by atoms with Gasteiger partial charge in [-0.1, -0.05) is 0 Å². The van der Waals surface area contributed by atoms with Gasteiger partial charge in [-0.3, -0.25) is 0 Å². The second-order valence-corrected chi connectivity index (χ2v) is 27.0. The molecule has 2 aromatic rings. The molecule has 2 atom stereocenters. The second-order valence-electron chi connectivity index (χ2n) is 9.50. The van der Waals surface area contributed by atoms with Crippen molar-refractivity contribution in [2.45, 2.75) is 58.3 Å². The van der Waals surface area contributed by atoms with Crippen molar-refractivity contribution in [2.75, 3.05) is 0 Å². The zero-order chi connectivity index (χ0) is 21.7. The first-order valence-corrected chi connectivity index (χ1v) is 20.0. The van der Waals surface area contributed by atoms with Crippen molar-refractivity contribution in [1.82, 2.24) is 0 Å². The van der Waals surface area contributed by atoms with E-state index in [1.165, 1.54) is 27.8 Å². The molecule has 0 bridgehead atoms. The van der Waals surface area contributed by atoms with Crippen LogP contribution in [0.4, 0.5) is 0 Å². The molecule has 2 unspecified atom stereocenters. The fraction of sp³-hybridized carbons (Fsp3) is 0.357. The summed E-state index contributed by atoms with van der Waals surface area (Å²) in [6.45, 7) is 19.3. The SMILES string of the molecule is CC1=C(C)C(C)[C]([Zr+2]([CH]2C=C(c3cc(C)cc(C)c3)c3ccccc32)=[Si](C)C)=C1C.[Cl-].[Cl-]. The van der Waals surface area contributed by atoms with Crippen LogP contribution >= 0.6 is 0 Å². The van der Waals surface area contributed by atoms with Crippen molar-refractivity contribution in [3.05, 3.63) is 96.4 Å². The Labute approximate surface area is 215 Å². The molecule has 4 rings (SSSR count). The number of hydrogen-bond donors (Lipinski definition) is 0. The smallest absolute Gasteiger partial charge is 1.00 e. The molecule has 0 saturated heterocycles. The third kappa shape index (κ3) is 4.76. The predicted molar refractivity (Wildman–Crippen MR) is 130 cm³/mol. The minimum absolute atomic E-state index is 0. The van der Waals surface area contributed by atoms with E-state index >= 15 is 0 Å². The first kappa shape index (κ1) is 27.6. The third-order valence-corrected chi connectivity index (χ3v) is 25.8. The van der Waals surface area contributed by atoms with Crippen LogP contribution in [-0.4, -0.2) is 5.43 Å². The molecular formula is C28H34Cl2SiZr. The van der Waals surface area contributed by atoms with E-state index in [0.29, 0.717) is 9.54 Å². The molecule has 0 spiro atoms. The summed E-state index contributed by atoms with van der Waals surface area (Å²) in [5.74, 6) is 0.658. The Morgan fingerprint density at radius 1 is 0.812 bits per heavy atom. The maximum atomic E-state index is 2.70. The first-order chi connectivity index (χ1) is 14.2. The van der Waals surface area contributed by atoms with Gasteiger partial charge >= 0.3 is 192 Å². The van der Waals surface area contributed by atoms with E-state index in [4.69, 9.17) is 0 Å². The average Bonchev–Trinajstić information content (AvgIpc) is 3.15. The predicted octanol–water partition coefficient (Wildman–Crippen LogP) is 1.93. The van der Waals surface area contributed by atoms with Gasteiger partial charge in [0.05, 0.1) is 0 Å². The number of rotatable bonds is 3. The largest absolute Gasteiger partial charge is 1.00 e. The molecule has 0 aromatic heterocycles. The summed E-state index contributed by atoms with van der Waals surface area (Å²) in [7, 11) is 0. The summed E-state index contributed by atoms with van der Waals surface area (Å²) in [5.41, 5.74) is 13.2. The van der Waals surface area contributed by atoms with Gasteiger partial charge in [-0.25, -0.2) is 0 Å². The molecule has 4 heteroatoms. The van der Waals surface area contributed by atoms with Gasteiger partial charge in [-0.2, -0.15) is 0 Å². The van der Waals surface area contributed by atoms with Gasteiger partial charge in [0.2, 0.25) is 0 Å². The zero-order valence-electron chi connectivity index (χ0n) is 20.5. The molecule has 0 aliphatic heterocycles. The van der Waals surface area contributed by atoms with E-state index < -0.39 is 20.4 Å². The topological polar surface area (TPSA) is 0 Å². The van der Waals surface area contributed by atoms with E-state index in [-0.39, 0.29) is 30.2 Å². The Hall–Kier alpha value is -0.660. The number of hydrogen-bond acceptors (Lipinski definition) is 0. The molecule has 0 nitrogen and oxygen atoms in total. The van der Waals surface area contributed by atoms with Crippen LogP contribution in [0.15, 0.2) is 68.5 Å². The van der Waals surface area contributed by atoms with Crippen molar-refractivity contribution in [3.63, 3.8) is 0 Å². The molecule has 2 aliphatic carbocycles. The molecule has 0 fully saturated rings. The fourth-order valence-electron chi connectivity index (χ4n) is 5.53. The number of allylic oxidation sites excluding steroid dienone is 5. The van der Waals surface area contributed by atoms with Crippen LogP contribution in [0.5, 0.6) is 0 Å². The average molecular weight is 561 g/mol. The molecule has 0 N–H and O–H groups in total. The van der Waals surface area contributed by atoms with Crippen LogP contribution in [0.1, 0.15) is 59.1 Å². The summed E-state index contributed by atoms with van der Waals surface area (Å²) in [4.78, 5) is 0. The summed E-state index contributed by atoms with van der Waals surface area (Å²) in [6, 6.07) is 16.3. The Bertz CT molecular complexity index is 1160. The van der Waals surface area contributed by atoms with Gasteiger partial charge in [0, 0.05) is 0 Å². The fourth-order valence-corrected chi connectivity index (χ4v) is 25.2. The second kappa shape index (κ2) is 10.7. The molecular weight excluding hydrogens is 527 g/mol. The molecule has 0 saturated carbocycles. The maximum absolute atomic E-state index is 2.70. The van der Waals surface area contributed by atoms with Crippen LogP contribution in [-0.2, 0) is 20.4 Å². The van der Waals surface area contributed by atoms with Crippen LogP contribution in [0.2, 0.25) is 13.1 Å². The minimum Gasteiger partial charge on any atom is -1.00 e. The Morgan fingerprint density at radius 3 is 1.94 bits per heavy atom.